The Morgan fingerprint density at radius 3 is 2.77 bits per heavy atom. The Labute approximate surface area is 156 Å². The van der Waals surface area contributed by atoms with E-state index in [1.165, 1.54) is 0 Å². The molecule has 1 saturated heterocycles. The third-order valence-corrected chi connectivity index (χ3v) is 4.79. The number of hydrogen-bond donors (Lipinski definition) is 0. The largest absolute Gasteiger partial charge is 0.383 e. The van der Waals surface area contributed by atoms with Crippen molar-refractivity contribution < 1.29 is 14.3 Å². The molecule has 0 radical (unpaired) electrons. The lowest BCUT2D eigenvalue weighted by Crippen LogP contribution is -2.42. The van der Waals surface area contributed by atoms with Gasteiger partial charge in [-0.3, -0.25) is 9.59 Å². The summed E-state index contributed by atoms with van der Waals surface area (Å²) in [5, 5.41) is 0. The van der Waals surface area contributed by atoms with Gasteiger partial charge in [0.05, 0.1) is 12.2 Å². The number of likely N-dealkylation sites (tertiary alicyclic amines) is 1. The maximum atomic E-state index is 12.8. The Hall–Kier alpha value is -1.95. The molecule has 0 bridgehead atoms. The highest BCUT2D eigenvalue weighted by Gasteiger charge is 2.29. The molecular weight excluding hydrogens is 330 g/mol. The average Bonchev–Trinajstić information content (AvgIpc) is 2.65. The fourth-order valence-corrected chi connectivity index (χ4v) is 3.26. The number of carbonyl (C=O) groups excluding carboxylic acids is 2. The van der Waals surface area contributed by atoms with E-state index in [0.29, 0.717) is 37.6 Å². The van der Waals surface area contributed by atoms with Crippen molar-refractivity contribution in [1.29, 1.82) is 0 Å². The molecule has 26 heavy (non-hydrogen) atoms. The zero-order chi connectivity index (χ0) is 19.1. The number of rotatable bonds is 8. The first kappa shape index (κ1) is 20.4. The standard InChI is InChI=1S/C20H31N3O3/c1-15(2)12-18(24)17-6-5-9-23(14-17)20(25)16-7-8-19(21-13-16)22(3)10-11-26-4/h7-8,13,15,17H,5-6,9-12,14H2,1-4H3/t17-/m1/s1. The summed E-state index contributed by atoms with van der Waals surface area (Å²) in [6.07, 6.45) is 3.99. The van der Waals surface area contributed by atoms with Crippen molar-refractivity contribution in [3.05, 3.63) is 23.9 Å². The summed E-state index contributed by atoms with van der Waals surface area (Å²) in [5.41, 5.74) is 0.575. The second-order valence-electron chi connectivity index (χ2n) is 7.47. The molecule has 1 amide bonds. The highest BCUT2D eigenvalue weighted by molar-refractivity contribution is 5.94. The molecule has 2 heterocycles. The Balaban J connectivity index is 1.98. The Morgan fingerprint density at radius 2 is 2.15 bits per heavy atom. The Morgan fingerprint density at radius 1 is 1.38 bits per heavy atom. The van der Waals surface area contributed by atoms with Crippen LogP contribution in [0.3, 0.4) is 0 Å². The molecule has 1 aliphatic heterocycles. The topological polar surface area (TPSA) is 62.7 Å². The number of hydrogen-bond acceptors (Lipinski definition) is 5. The van der Waals surface area contributed by atoms with Crippen LogP contribution < -0.4 is 4.90 Å². The van der Waals surface area contributed by atoms with E-state index in [0.717, 1.165) is 25.2 Å². The molecule has 144 valence electrons. The lowest BCUT2D eigenvalue weighted by molar-refractivity contribution is -0.124. The molecule has 0 saturated carbocycles. The van der Waals surface area contributed by atoms with Gasteiger partial charge in [-0.05, 0) is 30.9 Å². The van der Waals surface area contributed by atoms with E-state index in [9.17, 15) is 9.59 Å². The van der Waals surface area contributed by atoms with E-state index in [1.54, 1.807) is 18.2 Å². The minimum Gasteiger partial charge on any atom is -0.383 e. The van der Waals surface area contributed by atoms with Gasteiger partial charge >= 0.3 is 0 Å². The summed E-state index contributed by atoms with van der Waals surface area (Å²) in [6.45, 7) is 6.71. The predicted molar refractivity (Wildman–Crippen MR) is 102 cm³/mol. The average molecular weight is 361 g/mol. The molecule has 0 N–H and O–H groups in total. The molecule has 1 atom stereocenters. The van der Waals surface area contributed by atoms with Gasteiger partial charge in [0.15, 0.2) is 0 Å². The van der Waals surface area contributed by atoms with Crippen molar-refractivity contribution in [2.75, 3.05) is 45.3 Å². The van der Waals surface area contributed by atoms with Gasteiger partial charge in [-0.25, -0.2) is 4.98 Å². The fraction of sp³-hybridized carbons (Fsp3) is 0.650. The molecule has 1 aliphatic rings. The third-order valence-electron chi connectivity index (χ3n) is 4.79. The van der Waals surface area contributed by atoms with E-state index < -0.39 is 0 Å². The van der Waals surface area contributed by atoms with Crippen LogP contribution in [0.1, 0.15) is 43.5 Å². The molecule has 1 aromatic rings. The minimum atomic E-state index is -0.0364. The van der Waals surface area contributed by atoms with Gasteiger partial charge in [0.25, 0.3) is 5.91 Å². The van der Waals surface area contributed by atoms with Gasteiger partial charge in [-0.1, -0.05) is 13.8 Å². The Kier molecular flexibility index (Phi) is 7.57. The predicted octanol–water partition coefficient (Wildman–Crippen LogP) is 2.63. The molecule has 1 aromatic heterocycles. The van der Waals surface area contributed by atoms with Crippen molar-refractivity contribution in [2.24, 2.45) is 11.8 Å². The van der Waals surface area contributed by atoms with Gasteiger partial charge in [-0.15, -0.1) is 0 Å². The number of anilines is 1. The van der Waals surface area contributed by atoms with Gasteiger partial charge < -0.3 is 14.5 Å². The number of ether oxygens (including phenoxy) is 1. The number of amides is 1. The van der Waals surface area contributed by atoms with Gasteiger partial charge in [-0.2, -0.15) is 0 Å². The summed E-state index contributed by atoms with van der Waals surface area (Å²) in [4.78, 5) is 33.3. The molecular formula is C20H31N3O3. The minimum absolute atomic E-state index is 0.0255. The van der Waals surface area contributed by atoms with Crippen LogP contribution in [-0.2, 0) is 9.53 Å². The first-order chi connectivity index (χ1) is 12.4. The van der Waals surface area contributed by atoms with E-state index in [-0.39, 0.29) is 17.6 Å². The highest BCUT2D eigenvalue weighted by atomic mass is 16.5. The van der Waals surface area contributed by atoms with Crippen LogP contribution in [0.25, 0.3) is 0 Å². The number of ketones is 1. The number of carbonyl (C=O) groups is 2. The quantitative estimate of drug-likeness (QED) is 0.712. The Bertz CT molecular complexity index is 601. The lowest BCUT2D eigenvalue weighted by atomic mass is 9.89. The molecule has 0 unspecified atom stereocenters. The van der Waals surface area contributed by atoms with Crippen LogP contribution in [0.15, 0.2) is 18.3 Å². The van der Waals surface area contributed by atoms with Crippen molar-refractivity contribution >= 4 is 17.5 Å². The van der Waals surface area contributed by atoms with Crippen LogP contribution >= 0.6 is 0 Å². The zero-order valence-corrected chi connectivity index (χ0v) is 16.4. The maximum absolute atomic E-state index is 12.8. The fourth-order valence-electron chi connectivity index (χ4n) is 3.26. The monoisotopic (exact) mass is 361 g/mol. The summed E-state index contributed by atoms with van der Waals surface area (Å²) >= 11 is 0. The van der Waals surface area contributed by atoms with E-state index in [2.05, 4.69) is 18.8 Å². The van der Waals surface area contributed by atoms with Gasteiger partial charge in [0.1, 0.15) is 11.6 Å². The number of methoxy groups -OCH3 is 1. The number of likely N-dealkylation sites (N-methyl/N-ethyl adjacent to an activating group) is 1. The van der Waals surface area contributed by atoms with Gasteiger partial charge in [0, 0.05) is 52.3 Å². The highest BCUT2D eigenvalue weighted by Crippen LogP contribution is 2.22. The molecule has 1 fully saturated rings. The van der Waals surface area contributed by atoms with Crippen LogP contribution in [0.5, 0.6) is 0 Å². The van der Waals surface area contributed by atoms with Crippen LogP contribution in [0.2, 0.25) is 0 Å². The van der Waals surface area contributed by atoms with Crippen molar-refractivity contribution in [2.45, 2.75) is 33.1 Å². The maximum Gasteiger partial charge on any atom is 0.255 e. The summed E-state index contributed by atoms with van der Waals surface area (Å²) in [6, 6.07) is 3.67. The first-order valence-corrected chi connectivity index (χ1v) is 9.40. The number of Topliss-reactive ketones (excluding diaryl/α,β-unsaturated/α-hetero) is 1. The summed E-state index contributed by atoms with van der Waals surface area (Å²) in [7, 11) is 3.61. The van der Waals surface area contributed by atoms with E-state index in [4.69, 9.17) is 4.74 Å². The number of nitrogens with zero attached hydrogens (tertiary/aromatic N) is 3. The van der Waals surface area contributed by atoms with E-state index >= 15 is 0 Å². The third kappa shape index (κ3) is 5.53. The summed E-state index contributed by atoms with van der Waals surface area (Å²) in [5.74, 6) is 1.39. The van der Waals surface area contributed by atoms with Gasteiger partial charge in [0.2, 0.25) is 0 Å². The first-order valence-electron chi connectivity index (χ1n) is 9.40. The smallest absolute Gasteiger partial charge is 0.255 e. The second kappa shape index (κ2) is 9.67. The SMILES string of the molecule is COCCN(C)c1ccc(C(=O)N2CCC[C@@H](C(=O)CC(C)C)C2)cn1. The lowest BCUT2D eigenvalue weighted by Gasteiger charge is -2.32. The second-order valence-corrected chi connectivity index (χ2v) is 7.47. The number of piperidine rings is 1. The number of aromatic nitrogens is 1. The van der Waals surface area contributed by atoms with Crippen LogP contribution in [0, 0.1) is 11.8 Å². The van der Waals surface area contributed by atoms with E-state index in [1.807, 2.05) is 24.1 Å². The number of pyridine rings is 1. The molecule has 0 aliphatic carbocycles. The molecule has 0 aromatic carbocycles. The van der Waals surface area contributed by atoms with Crippen molar-refractivity contribution in [3.8, 4) is 0 Å². The normalized spacial score (nSPS) is 17.4. The van der Waals surface area contributed by atoms with Crippen molar-refractivity contribution in [3.63, 3.8) is 0 Å². The van der Waals surface area contributed by atoms with Crippen LogP contribution in [0.4, 0.5) is 5.82 Å². The summed E-state index contributed by atoms with van der Waals surface area (Å²) < 4.78 is 5.07. The molecule has 0 spiro atoms. The van der Waals surface area contributed by atoms with Crippen LogP contribution in [-0.4, -0.2) is 62.0 Å². The van der Waals surface area contributed by atoms with Crippen molar-refractivity contribution in [1.82, 2.24) is 9.88 Å². The molecule has 2 rings (SSSR count). The molecule has 6 nitrogen and oxygen atoms in total. The zero-order valence-electron chi connectivity index (χ0n) is 16.4. The molecule has 6 heteroatoms.